The summed E-state index contributed by atoms with van der Waals surface area (Å²) in [5.74, 6) is 0. The highest BCUT2D eigenvalue weighted by Gasteiger charge is 2.17. The van der Waals surface area contributed by atoms with Crippen LogP contribution in [0.5, 0.6) is 0 Å². The molecule has 0 bridgehead atoms. The van der Waals surface area contributed by atoms with Crippen molar-refractivity contribution in [2.24, 2.45) is 0 Å². The lowest BCUT2D eigenvalue weighted by Gasteiger charge is -2.22. The molecule has 1 amide bonds. The third-order valence-corrected chi connectivity index (χ3v) is 2.46. The van der Waals surface area contributed by atoms with E-state index in [0.29, 0.717) is 0 Å². The van der Waals surface area contributed by atoms with E-state index >= 15 is 0 Å². The number of rotatable bonds is 3. The molecule has 13 heavy (non-hydrogen) atoms. The van der Waals surface area contributed by atoms with E-state index in [1.807, 2.05) is 27.7 Å². The van der Waals surface area contributed by atoms with Crippen LogP contribution in [0.25, 0.3) is 0 Å². The van der Waals surface area contributed by atoms with Gasteiger partial charge in [0.25, 0.3) is 0 Å². The number of carbonyl (C=O) groups excluding carboxylic acids is 1. The van der Waals surface area contributed by atoms with Crippen molar-refractivity contribution in [3.63, 3.8) is 0 Å². The number of amides is 1. The lowest BCUT2D eigenvalue weighted by Crippen LogP contribution is -2.39. The fourth-order valence-corrected chi connectivity index (χ4v) is 1.57. The smallest absolute Gasteiger partial charge is 0.407 e. The van der Waals surface area contributed by atoms with E-state index in [9.17, 15) is 4.79 Å². The third-order valence-electron chi connectivity index (χ3n) is 1.40. The SMILES string of the molecule is CC[C@@H](CI)NC(=O)OC(C)(C)C. The van der Waals surface area contributed by atoms with Crippen molar-refractivity contribution in [1.29, 1.82) is 0 Å². The van der Waals surface area contributed by atoms with Gasteiger partial charge in [0.1, 0.15) is 5.60 Å². The second-order valence-electron chi connectivity index (χ2n) is 3.91. The van der Waals surface area contributed by atoms with E-state index in [-0.39, 0.29) is 12.1 Å². The average Bonchev–Trinajstić information content (AvgIpc) is 1.96. The fraction of sp³-hybridized carbons (Fsp3) is 0.889. The fourth-order valence-electron chi connectivity index (χ4n) is 0.724. The van der Waals surface area contributed by atoms with Crippen LogP contribution in [0.2, 0.25) is 0 Å². The lowest BCUT2D eigenvalue weighted by molar-refractivity contribution is 0.0509. The molecular weight excluding hydrogens is 281 g/mol. The molecule has 0 fully saturated rings. The van der Waals surface area contributed by atoms with Crippen molar-refractivity contribution in [1.82, 2.24) is 5.32 Å². The molecule has 0 saturated heterocycles. The molecule has 3 nitrogen and oxygen atoms in total. The molecule has 1 atom stereocenters. The van der Waals surface area contributed by atoms with Crippen LogP contribution in [0.1, 0.15) is 34.1 Å². The topological polar surface area (TPSA) is 38.3 Å². The number of alkyl carbamates (subject to hydrolysis) is 1. The van der Waals surface area contributed by atoms with Gasteiger partial charge in [0, 0.05) is 10.5 Å². The first kappa shape index (κ1) is 13.0. The molecule has 78 valence electrons. The summed E-state index contributed by atoms with van der Waals surface area (Å²) < 4.78 is 6.03. The molecule has 0 aliphatic carbocycles. The van der Waals surface area contributed by atoms with Crippen LogP contribution in [0.4, 0.5) is 4.79 Å². The maximum Gasteiger partial charge on any atom is 0.407 e. The van der Waals surface area contributed by atoms with E-state index in [2.05, 4.69) is 27.9 Å². The molecule has 0 radical (unpaired) electrons. The first-order valence-electron chi connectivity index (χ1n) is 4.44. The lowest BCUT2D eigenvalue weighted by atomic mass is 10.2. The monoisotopic (exact) mass is 299 g/mol. The maximum absolute atomic E-state index is 11.3. The van der Waals surface area contributed by atoms with E-state index in [1.54, 1.807) is 0 Å². The highest BCUT2D eigenvalue weighted by Crippen LogP contribution is 2.07. The molecule has 4 heteroatoms. The van der Waals surface area contributed by atoms with Crippen LogP contribution in [0.3, 0.4) is 0 Å². The number of nitrogens with one attached hydrogen (secondary N) is 1. The van der Waals surface area contributed by atoms with E-state index in [4.69, 9.17) is 4.74 Å². The highest BCUT2D eigenvalue weighted by molar-refractivity contribution is 14.1. The summed E-state index contributed by atoms with van der Waals surface area (Å²) in [7, 11) is 0. The Morgan fingerprint density at radius 2 is 2.08 bits per heavy atom. The first-order chi connectivity index (χ1) is 5.89. The van der Waals surface area contributed by atoms with Gasteiger partial charge in [-0.2, -0.15) is 0 Å². The van der Waals surface area contributed by atoms with Gasteiger partial charge < -0.3 is 10.1 Å². The number of carbonyl (C=O) groups is 1. The molecule has 0 heterocycles. The van der Waals surface area contributed by atoms with Crippen molar-refractivity contribution < 1.29 is 9.53 Å². The van der Waals surface area contributed by atoms with Crippen molar-refractivity contribution in [2.45, 2.75) is 45.8 Å². The summed E-state index contributed by atoms with van der Waals surface area (Å²) in [5, 5.41) is 2.80. The van der Waals surface area contributed by atoms with Crippen molar-refractivity contribution in [3.8, 4) is 0 Å². The zero-order valence-corrected chi connectivity index (χ0v) is 10.8. The Labute approximate surface area is 93.7 Å². The van der Waals surface area contributed by atoms with Gasteiger partial charge in [-0.3, -0.25) is 0 Å². The Morgan fingerprint density at radius 1 is 1.54 bits per heavy atom. The van der Waals surface area contributed by atoms with Gasteiger partial charge in [-0.1, -0.05) is 29.5 Å². The van der Waals surface area contributed by atoms with Gasteiger partial charge in [0.05, 0.1) is 0 Å². The Balaban J connectivity index is 3.86. The molecular formula is C9H18INO2. The predicted molar refractivity (Wildman–Crippen MR) is 62.3 cm³/mol. The van der Waals surface area contributed by atoms with Gasteiger partial charge in [-0.25, -0.2) is 4.79 Å². The van der Waals surface area contributed by atoms with Gasteiger partial charge in [0.2, 0.25) is 0 Å². The Bertz CT molecular complexity index is 161. The Hall–Kier alpha value is 0. The Kier molecular flexibility index (Phi) is 5.67. The first-order valence-corrected chi connectivity index (χ1v) is 5.97. The minimum atomic E-state index is -0.409. The second kappa shape index (κ2) is 5.67. The van der Waals surface area contributed by atoms with Crippen LogP contribution >= 0.6 is 22.6 Å². The molecule has 0 spiro atoms. The zero-order valence-electron chi connectivity index (χ0n) is 8.69. The van der Waals surface area contributed by atoms with Crippen molar-refractivity contribution in [2.75, 3.05) is 4.43 Å². The molecule has 0 aromatic rings. The van der Waals surface area contributed by atoms with Gasteiger partial charge >= 0.3 is 6.09 Å². The molecule has 0 aliphatic heterocycles. The van der Waals surface area contributed by atoms with Crippen molar-refractivity contribution >= 4 is 28.7 Å². The summed E-state index contributed by atoms with van der Waals surface area (Å²) in [5.41, 5.74) is -0.409. The summed E-state index contributed by atoms with van der Waals surface area (Å²) in [6.45, 7) is 7.62. The summed E-state index contributed by atoms with van der Waals surface area (Å²) in [4.78, 5) is 11.3. The quantitative estimate of drug-likeness (QED) is 0.643. The molecule has 0 aliphatic rings. The van der Waals surface area contributed by atoms with Crippen LogP contribution in [0.15, 0.2) is 0 Å². The van der Waals surface area contributed by atoms with Crippen LogP contribution in [-0.4, -0.2) is 22.2 Å². The normalized spacial score (nSPS) is 13.6. The van der Waals surface area contributed by atoms with Crippen molar-refractivity contribution in [3.05, 3.63) is 0 Å². The van der Waals surface area contributed by atoms with Crippen LogP contribution in [0, 0.1) is 0 Å². The highest BCUT2D eigenvalue weighted by atomic mass is 127. The number of ether oxygens (including phenoxy) is 1. The van der Waals surface area contributed by atoms with Gasteiger partial charge in [-0.15, -0.1) is 0 Å². The van der Waals surface area contributed by atoms with Crippen LogP contribution in [-0.2, 0) is 4.74 Å². The minimum Gasteiger partial charge on any atom is -0.444 e. The maximum atomic E-state index is 11.3. The summed E-state index contributed by atoms with van der Waals surface area (Å²) in [6.07, 6.45) is 0.610. The van der Waals surface area contributed by atoms with Gasteiger partial charge in [-0.05, 0) is 27.2 Å². The largest absolute Gasteiger partial charge is 0.444 e. The average molecular weight is 299 g/mol. The number of hydrogen-bond donors (Lipinski definition) is 1. The Morgan fingerprint density at radius 3 is 2.38 bits per heavy atom. The summed E-state index contributed by atoms with van der Waals surface area (Å²) in [6, 6.07) is 0.218. The zero-order chi connectivity index (χ0) is 10.5. The standard InChI is InChI=1S/C9H18INO2/c1-5-7(6-10)11-8(12)13-9(2,3)4/h7H,5-6H2,1-4H3,(H,11,12)/t7-/m0/s1. The number of hydrogen-bond acceptors (Lipinski definition) is 2. The molecule has 0 aromatic heterocycles. The van der Waals surface area contributed by atoms with Gasteiger partial charge in [0.15, 0.2) is 0 Å². The minimum absolute atomic E-state index is 0.218. The van der Waals surface area contributed by atoms with E-state index in [1.165, 1.54) is 0 Å². The molecule has 0 aromatic carbocycles. The van der Waals surface area contributed by atoms with Crippen LogP contribution < -0.4 is 5.32 Å². The number of alkyl halides is 1. The molecule has 0 unspecified atom stereocenters. The molecule has 1 N–H and O–H groups in total. The molecule has 0 rings (SSSR count). The second-order valence-corrected chi connectivity index (χ2v) is 4.79. The number of halogens is 1. The third kappa shape index (κ3) is 7.10. The van der Waals surface area contributed by atoms with E-state index in [0.717, 1.165) is 10.8 Å². The predicted octanol–water partition coefficient (Wildman–Crippen LogP) is 2.72. The molecule has 0 saturated carbocycles. The summed E-state index contributed by atoms with van der Waals surface area (Å²) >= 11 is 2.25. The van der Waals surface area contributed by atoms with E-state index < -0.39 is 5.60 Å².